The third-order valence-corrected chi connectivity index (χ3v) is 4.96. The summed E-state index contributed by atoms with van der Waals surface area (Å²) in [5, 5.41) is 3.20. The summed E-state index contributed by atoms with van der Waals surface area (Å²) in [6, 6.07) is 2.96. The maximum Gasteiger partial charge on any atom is 0.342 e. The molecule has 2 rings (SSSR count). The smallest absolute Gasteiger partial charge is 0.342 e. The van der Waals surface area contributed by atoms with Gasteiger partial charge in [-0.1, -0.05) is 31.4 Å². The summed E-state index contributed by atoms with van der Waals surface area (Å²) in [6.45, 7) is 3.67. The second kappa shape index (κ2) is 8.43. The summed E-state index contributed by atoms with van der Waals surface area (Å²) in [6.07, 6.45) is 3.43. The van der Waals surface area contributed by atoms with Gasteiger partial charge >= 0.3 is 5.97 Å². The van der Waals surface area contributed by atoms with Crippen LogP contribution in [0.2, 0.25) is 5.02 Å². The van der Waals surface area contributed by atoms with E-state index in [1.165, 1.54) is 25.7 Å². The Hall–Kier alpha value is -1.95. The van der Waals surface area contributed by atoms with Crippen molar-refractivity contribution in [2.45, 2.75) is 51.7 Å². The zero-order valence-corrected chi connectivity index (χ0v) is 15.6. The van der Waals surface area contributed by atoms with E-state index in [2.05, 4.69) is 12.2 Å². The lowest BCUT2D eigenvalue weighted by Gasteiger charge is -2.30. The summed E-state index contributed by atoms with van der Waals surface area (Å²) in [5.74, 6) is -0.303. The second-order valence-electron chi connectivity index (χ2n) is 6.50. The number of methoxy groups -OCH3 is 1. The average Bonchev–Trinajstić information content (AvgIpc) is 2.58. The average molecular weight is 369 g/mol. The fourth-order valence-corrected chi connectivity index (χ4v) is 3.17. The highest BCUT2D eigenvalue weighted by Crippen LogP contribution is 2.29. The summed E-state index contributed by atoms with van der Waals surface area (Å²) in [4.78, 5) is 24.7. The largest absolute Gasteiger partial charge is 0.496 e. The lowest BCUT2D eigenvalue weighted by molar-refractivity contribution is -0.130. The molecule has 0 saturated heterocycles. The zero-order valence-electron chi connectivity index (χ0n) is 14.8. The lowest BCUT2D eigenvalue weighted by atomic mass is 9.86. The molecule has 6 nitrogen and oxygen atoms in total. The van der Waals surface area contributed by atoms with Crippen LogP contribution in [0, 0.1) is 5.92 Å². The molecule has 1 aromatic carbocycles. The number of carbonyl (C=O) groups excluding carboxylic acids is 2. The van der Waals surface area contributed by atoms with Crippen LogP contribution in [-0.4, -0.2) is 31.1 Å². The fraction of sp³-hybridized carbons (Fsp3) is 0.556. The van der Waals surface area contributed by atoms with Crippen molar-refractivity contribution in [3.8, 4) is 5.75 Å². The van der Waals surface area contributed by atoms with Gasteiger partial charge in [0.05, 0.1) is 17.8 Å². The Morgan fingerprint density at radius 1 is 1.32 bits per heavy atom. The number of ether oxygens (including phenoxy) is 2. The molecule has 1 saturated carbocycles. The van der Waals surface area contributed by atoms with Gasteiger partial charge in [0.15, 0.2) is 6.10 Å². The number of nitrogen functional groups attached to an aromatic ring is 1. The van der Waals surface area contributed by atoms with Crippen LogP contribution >= 0.6 is 11.6 Å². The van der Waals surface area contributed by atoms with Crippen LogP contribution in [0.25, 0.3) is 0 Å². The van der Waals surface area contributed by atoms with Crippen molar-refractivity contribution in [3.63, 3.8) is 0 Å². The van der Waals surface area contributed by atoms with Crippen LogP contribution in [0.4, 0.5) is 5.69 Å². The number of esters is 1. The van der Waals surface area contributed by atoms with Crippen LogP contribution in [0.15, 0.2) is 12.1 Å². The third-order valence-electron chi connectivity index (χ3n) is 4.63. The lowest BCUT2D eigenvalue weighted by Crippen LogP contribution is -2.46. The Bertz CT molecular complexity index is 650. The number of carbonyl (C=O) groups is 2. The van der Waals surface area contributed by atoms with Gasteiger partial charge in [-0.05, 0) is 31.7 Å². The van der Waals surface area contributed by atoms with Gasteiger partial charge in [0, 0.05) is 12.1 Å². The monoisotopic (exact) mass is 368 g/mol. The van der Waals surface area contributed by atoms with Crippen LogP contribution < -0.4 is 15.8 Å². The van der Waals surface area contributed by atoms with Crippen molar-refractivity contribution >= 4 is 29.2 Å². The predicted molar refractivity (Wildman–Crippen MR) is 96.9 cm³/mol. The molecule has 0 heterocycles. The molecule has 0 unspecified atom stereocenters. The van der Waals surface area contributed by atoms with Crippen molar-refractivity contribution in [1.29, 1.82) is 0 Å². The minimum atomic E-state index is -0.914. The normalized spacial score (nSPS) is 21.3. The summed E-state index contributed by atoms with van der Waals surface area (Å²) >= 11 is 5.96. The third kappa shape index (κ3) is 4.78. The van der Waals surface area contributed by atoms with E-state index in [-0.39, 0.29) is 28.3 Å². The van der Waals surface area contributed by atoms with Crippen LogP contribution in [-0.2, 0) is 9.53 Å². The number of hydrogen-bond donors (Lipinski definition) is 2. The number of hydrogen-bond acceptors (Lipinski definition) is 5. The predicted octanol–water partition coefficient (Wildman–Crippen LogP) is 3.17. The van der Waals surface area contributed by atoms with E-state index in [1.54, 1.807) is 6.92 Å². The number of rotatable bonds is 5. The second-order valence-corrected chi connectivity index (χ2v) is 6.91. The van der Waals surface area contributed by atoms with Gasteiger partial charge in [-0.25, -0.2) is 4.79 Å². The SMILES string of the molecule is COc1cc(N)c(Cl)cc1C(=O)O[C@H](C)C(=O)N[C@@H]1CCCC[C@@H]1C. The summed E-state index contributed by atoms with van der Waals surface area (Å²) < 4.78 is 10.4. The van der Waals surface area contributed by atoms with Crippen LogP contribution in [0.5, 0.6) is 5.75 Å². The molecular weight excluding hydrogens is 344 g/mol. The molecule has 25 heavy (non-hydrogen) atoms. The summed E-state index contributed by atoms with van der Waals surface area (Å²) in [7, 11) is 1.42. The first-order valence-corrected chi connectivity index (χ1v) is 8.85. The molecule has 138 valence electrons. The number of nitrogens with one attached hydrogen (secondary N) is 1. The van der Waals surface area contributed by atoms with Crippen molar-refractivity contribution in [1.82, 2.24) is 5.32 Å². The molecule has 0 spiro atoms. The van der Waals surface area contributed by atoms with Gasteiger partial charge in [-0.3, -0.25) is 4.79 Å². The van der Waals surface area contributed by atoms with Gasteiger partial charge in [-0.15, -0.1) is 0 Å². The Labute approximate surface area is 153 Å². The minimum absolute atomic E-state index is 0.128. The van der Waals surface area contributed by atoms with Crippen molar-refractivity contribution < 1.29 is 19.1 Å². The Balaban J connectivity index is 2.02. The number of nitrogens with two attached hydrogens (primary N) is 1. The number of benzene rings is 1. The Morgan fingerprint density at radius 3 is 2.64 bits per heavy atom. The molecular formula is C18H25ClN2O4. The van der Waals surface area contributed by atoms with E-state index >= 15 is 0 Å². The molecule has 0 aromatic heterocycles. The highest BCUT2D eigenvalue weighted by Gasteiger charge is 2.27. The van der Waals surface area contributed by atoms with Crippen molar-refractivity contribution in [2.24, 2.45) is 5.92 Å². The first-order chi connectivity index (χ1) is 11.8. The molecule has 7 heteroatoms. The fourth-order valence-electron chi connectivity index (χ4n) is 3.01. The van der Waals surface area contributed by atoms with E-state index in [9.17, 15) is 9.59 Å². The highest BCUT2D eigenvalue weighted by atomic mass is 35.5. The first kappa shape index (κ1) is 19.4. The van der Waals surface area contributed by atoms with E-state index in [4.69, 9.17) is 26.8 Å². The molecule has 1 aliphatic carbocycles. The number of anilines is 1. The van der Waals surface area contributed by atoms with E-state index in [0.29, 0.717) is 11.6 Å². The van der Waals surface area contributed by atoms with Gasteiger partial charge in [0.1, 0.15) is 11.3 Å². The standard InChI is InChI=1S/C18H25ClN2O4/c1-10-6-4-5-7-15(10)21-17(22)11(2)25-18(23)12-8-13(19)14(20)9-16(12)24-3/h8-11,15H,4-7,20H2,1-3H3,(H,21,22)/t10-,11+,15+/m0/s1. The maximum absolute atomic E-state index is 12.4. The molecule has 1 aromatic rings. The Kier molecular flexibility index (Phi) is 6.53. The van der Waals surface area contributed by atoms with E-state index in [1.807, 2.05) is 0 Å². The molecule has 0 radical (unpaired) electrons. The molecule has 1 aliphatic rings. The molecule has 0 bridgehead atoms. The number of halogens is 1. The van der Waals surface area contributed by atoms with E-state index < -0.39 is 12.1 Å². The van der Waals surface area contributed by atoms with Crippen LogP contribution in [0.1, 0.15) is 49.9 Å². The van der Waals surface area contributed by atoms with E-state index in [0.717, 1.165) is 19.3 Å². The van der Waals surface area contributed by atoms with Crippen molar-refractivity contribution in [2.75, 3.05) is 12.8 Å². The maximum atomic E-state index is 12.4. The molecule has 0 aliphatic heterocycles. The van der Waals surface area contributed by atoms with Gasteiger partial charge < -0.3 is 20.5 Å². The van der Waals surface area contributed by atoms with Gasteiger partial charge in [0.25, 0.3) is 5.91 Å². The Morgan fingerprint density at radius 2 is 2.00 bits per heavy atom. The molecule has 1 fully saturated rings. The minimum Gasteiger partial charge on any atom is -0.496 e. The quantitative estimate of drug-likeness (QED) is 0.615. The highest BCUT2D eigenvalue weighted by molar-refractivity contribution is 6.33. The van der Waals surface area contributed by atoms with Gasteiger partial charge in [-0.2, -0.15) is 0 Å². The van der Waals surface area contributed by atoms with Gasteiger partial charge in [0.2, 0.25) is 0 Å². The molecule has 3 atom stereocenters. The number of amides is 1. The summed E-state index contributed by atoms with van der Waals surface area (Å²) in [5.41, 5.74) is 6.13. The van der Waals surface area contributed by atoms with Crippen molar-refractivity contribution in [3.05, 3.63) is 22.7 Å². The topological polar surface area (TPSA) is 90.7 Å². The molecule has 1 amide bonds. The van der Waals surface area contributed by atoms with Crippen LogP contribution in [0.3, 0.4) is 0 Å². The zero-order chi connectivity index (χ0) is 18.6. The first-order valence-electron chi connectivity index (χ1n) is 8.47. The molecule has 3 N–H and O–H groups in total.